The molecule has 0 fully saturated rings. The number of nitrogens with zero attached hydrogens (tertiary/aromatic N) is 2. The van der Waals surface area contributed by atoms with Crippen LogP contribution >= 0.6 is 12.4 Å². The van der Waals surface area contributed by atoms with Gasteiger partial charge in [0.15, 0.2) is 0 Å². The van der Waals surface area contributed by atoms with Crippen molar-refractivity contribution in [3.8, 4) is 11.3 Å². The highest BCUT2D eigenvalue weighted by molar-refractivity contribution is 7.87. The molecule has 3 rings (SSSR count). The van der Waals surface area contributed by atoms with Crippen molar-refractivity contribution in [3.63, 3.8) is 0 Å². The monoisotopic (exact) mass is 380 g/mol. The average molecular weight is 381 g/mol. The van der Waals surface area contributed by atoms with Gasteiger partial charge in [-0.1, -0.05) is 42.5 Å². The second-order valence-electron chi connectivity index (χ2n) is 5.39. The minimum atomic E-state index is -3.72. The molecule has 132 valence electrons. The third-order valence-electron chi connectivity index (χ3n) is 3.66. The summed E-state index contributed by atoms with van der Waals surface area (Å²) in [5, 5.41) is 10.7. The molecule has 9 heteroatoms. The number of aryl methyl sites for hydroxylation is 1. The van der Waals surface area contributed by atoms with E-state index in [2.05, 4.69) is 9.82 Å². The Morgan fingerprint density at radius 3 is 2.28 bits per heavy atom. The molecule has 0 saturated carbocycles. The third kappa shape index (κ3) is 4.23. The Labute approximate surface area is 151 Å². The third-order valence-corrected chi connectivity index (χ3v) is 4.21. The summed E-state index contributed by atoms with van der Waals surface area (Å²) in [6.07, 6.45) is 0. The fourth-order valence-corrected chi connectivity index (χ4v) is 2.85. The van der Waals surface area contributed by atoms with E-state index in [4.69, 9.17) is 5.14 Å². The number of nitrogens with one attached hydrogen (secondary N) is 1. The van der Waals surface area contributed by atoms with Crippen LogP contribution in [0.2, 0.25) is 0 Å². The number of halogens is 1. The number of rotatable bonds is 4. The summed E-state index contributed by atoms with van der Waals surface area (Å²) >= 11 is 0. The molecule has 25 heavy (non-hydrogen) atoms. The van der Waals surface area contributed by atoms with E-state index in [0.717, 1.165) is 16.5 Å². The first-order valence-electron chi connectivity index (χ1n) is 7.18. The van der Waals surface area contributed by atoms with E-state index in [0.29, 0.717) is 11.1 Å². The van der Waals surface area contributed by atoms with E-state index in [-0.39, 0.29) is 24.5 Å². The number of benzene rings is 2. The Balaban J connectivity index is 0.00000225. The minimum Gasteiger partial charge on any atom is -0.267 e. The van der Waals surface area contributed by atoms with Crippen LogP contribution in [0.25, 0.3) is 22.0 Å². The molecule has 0 aliphatic rings. The number of nitrogens with two attached hydrogens (primary N) is 1. The van der Waals surface area contributed by atoms with Crippen LogP contribution < -0.4 is 15.4 Å². The van der Waals surface area contributed by atoms with E-state index in [1.807, 2.05) is 30.3 Å². The zero-order chi connectivity index (χ0) is 17.3. The summed E-state index contributed by atoms with van der Waals surface area (Å²) in [5.41, 5.74) is 2.14. The van der Waals surface area contributed by atoms with Crippen molar-refractivity contribution in [3.05, 3.63) is 64.4 Å². The lowest BCUT2D eigenvalue weighted by atomic mass is 10.0. The van der Waals surface area contributed by atoms with Gasteiger partial charge in [-0.15, -0.1) is 12.4 Å². The molecule has 0 aliphatic carbocycles. The number of hydrogen-bond donors (Lipinski definition) is 2. The van der Waals surface area contributed by atoms with Crippen molar-refractivity contribution in [2.45, 2.75) is 6.54 Å². The number of aromatic nitrogens is 2. The number of fused-ring (bicyclic) bond motifs is 1. The highest BCUT2D eigenvalue weighted by atomic mass is 35.5. The van der Waals surface area contributed by atoms with Gasteiger partial charge in [0.2, 0.25) is 0 Å². The van der Waals surface area contributed by atoms with Gasteiger partial charge < -0.3 is 0 Å². The molecule has 0 amide bonds. The predicted molar refractivity (Wildman–Crippen MR) is 99.6 cm³/mol. The maximum atomic E-state index is 12.2. The maximum absolute atomic E-state index is 12.2. The molecular formula is C16H17ClN4O3S. The standard InChI is InChI=1S/C16H16N4O3S.ClH/c1-20-16(21)14-5-3-2-4-13(14)15(19-20)12-8-6-11(7-9-12)10-18-24(17,22)23;/h2-9,18H,10H2,1H3,(H2,17,22,23);1H. The van der Waals surface area contributed by atoms with Crippen molar-refractivity contribution < 1.29 is 8.42 Å². The van der Waals surface area contributed by atoms with Gasteiger partial charge in [0, 0.05) is 24.5 Å². The van der Waals surface area contributed by atoms with Crippen LogP contribution in [0.3, 0.4) is 0 Å². The Morgan fingerprint density at radius 2 is 1.68 bits per heavy atom. The Bertz CT molecular complexity index is 1060. The van der Waals surface area contributed by atoms with Crippen molar-refractivity contribution in [2.75, 3.05) is 0 Å². The summed E-state index contributed by atoms with van der Waals surface area (Å²) in [4.78, 5) is 12.2. The summed E-state index contributed by atoms with van der Waals surface area (Å²) in [6.45, 7) is 0.112. The van der Waals surface area contributed by atoms with Crippen LogP contribution in [0.1, 0.15) is 5.56 Å². The molecule has 0 atom stereocenters. The predicted octanol–water partition coefficient (Wildman–Crippen LogP) is 1.32. The van der Waals surface area contributed by atoms with E-state index in [1.165, 1.54) is 4.68 Å². The van der Waals surface area contributed by atoms with Crippen LogP contribution in [-0.2, 0) is 23.8 Å². The molecule has 0 radical (unpaired) electrons. The van der Waals surface area contributed by atoms with Crippen molar-refractivity contribution in [1.29, 1.82) is 0 Å². The highest BCUT2D eigenvalue weighted by Gasteiger charge is 2.10. The van der Waals surface area contributed by atoms with Gasteiger partial charge in [0.25, 0.3) is 15.8 Å². The molecule has 0 aliphatic heterocycles. The van der Waals surface area contributed by atoms with Crippen molar-refractivity contribution in [2.24, 2.45) is 12.2 Å². The molecule has 1 aromatic heterocycles. The highest BCUT2D eigenvalue weighted by Crippen LogP contribution is 2.24. The molecule has 3 N–H and O–H groups in total. The minimum absolute atomic E-state index is 0. The summed E-state index contributed by atoms with van der Waals surface area (Å²) in [6, 6.07) is 14.5. The topological polar surface area (TPSA) is 107 Å². The first-order chi connectivity index (χ1) is 11.3. The molecule has 7 nitrogen and oxygen atoms in total. The van der Waals surface area contributed by atoms with E-state index in [9.17, 15) is 13.2 Å². The lowest BCUT2D eigenvalue weighted by Gasteiger charge is -2.09. The van der Waals surface area contributed by atoms with Crippen LogP contribution in [0.15, 0.2) is 53.3 Å². The second-order valence-corrected chi connectivity index (χ2v) is 6.76. The molecule has 1 heterocycles. The van der Waals surface area contributed by atoms with E-state index in [1.54, 1.807) is 25.2 Å². The SMILES string of the molecule is Cl.Cn1nc(-c2ccc(CNS(N)(=O)=O)cc2)c2ccccc2c1=O. The van der Waals surface area contributed by atoms with Gasteiger partial charge in [-0.2, -0.15) is 18.2 Å². The first kappa shape index (κ1) is 19.1. The van der Waals surface area contributed by atoms with Crippen LogP contribution in [-0.4, -0.2) is 18.2 Å². The first-order valence-corrected chi connectivity index (χ1v) is 8.72. The smallest absolute Gasteiger partial charge is 0.267 e. The normalized spacial score (nSPS) is 11.3. The Kier molecular flexibility index (Phi) is 5.58. The maximum Gasteiger partial charge on any atom is 0.274 e. The molecule has 0 unspecified atom stereocenters. The zero-order valence-electron chi connectivity index (χ0n) is 13.3. The van der Waals surface area contributed by atoms with Crippen LogP contribution in [0.4, 0.5) is 0 Å². The van der Waals surface area contributed by atoms with E-state index >= 15 is 0 Å². The Morgan fingerprint density at radius 1 is 1.08 bits per heavy atom. The molecular weight excluding hydrogens is 364 g/mol. The van der Waals surface area contributed by atoms with Gasteiger partial charge in [-0.3, -0.25) is 4.79 Å². The summed E-state index contributed by atoms with van der Waals surface area (Å²) in [7, 11) is -2.11. The fourth-order valence-electron chi connectivity index (χ4n) is 2.48. The molecule has 2 aromatic carbocycles. The Hall–Kier alpha value is -2.26. The molecule has 0 saturated heterocycles. The van der Waals surface area contributed by atoms with Gasteiger partial charge in [0.1, 0.15) is 0 Å². The van der Waals surface area contributed by atoms with E-state index < -0.39 is 10.2 Å². The number of hydrogen-bond acceptors (Lipinski definition) is 4. The largest absolute Gasteiger partial charge is 0.274 e. The van der Waals surface area contributed by atoms with Gasteiger partial charge in [0.05, 0.1) is 11.1 Å². The van der Waals surface area contributed by atoms with Crippen LogP contribution in [0.5, 0.6) is 0 Å². The lowest BCUT2D eigenvalue weighted by molar-refractivity contribution is 0.583. The average Bonchev–Trinajstić information content (AvgIpc) is 2.56. The molecule has 0 spiro atoms. The van der Waals surface area contributed by atoms with Gasteiger partial charge >= 0.3 is 0 Å². The van der Waals surface area contributed by atoms with Crippen molar-refractivity contribution >= 4 is 33.4 Å². The summed E-state index contributed by atoms with van der Waals surface area (Å²) < 4.78 is 25.4. The molecule has 3 aromatic rings. The van der Waals surface area contributed by atoms with Crippen molar-refractivity contribution in [1.82, 2.24) is 14.5 Å². The fraction of sp³-hybridized carbons (Fsp3) is 0.125. The zero-order valence-corrected chi connectivity index (χ0v) is 15.0. The molecule has 0 bridgehead atoms. The second kappa shape index (κ2) is 7.32. The van der Waals surface area contributed by atoms with Crippen LogP contribution in [0, 0.1) is 0 Å². The van der Waals surface area contributed by atoms with Gasteiger partial charge in [-0.05, 0) is 11.6 Å². The lowest BCUT2D eigenvalue weighted by Crippen LogP contribution is -2.30. The van der Waals surface area contributed by atoms with Gasteiger partial charge in [-0.25, -0.2) is 9.82 Å². The summed E-state index contributed by atoms with van der Waals surface area (Å²) in [5.74, 6) is 0. The quantitative estimate of drug-likeness (QED) is 0.711.